The van der Waals surface area contributed by atoms with Crippen molar-refractivity contribution < 1.29 is 4.42 Å². The fourth-order valence-electron chi connectivity index (χ4n) is 2.06. The molecule has 1 atom stereocenters. The van der Waals surface area contributed by atoms with E-state index >= 15 is 0 Å². The third kappa shape index (κ3) is 6.13. The quantitative estimate of drug-likeness (QED) is 0.424. The first-order valence-electron chi connectivity index (χ1n) is 6.92. The third-order valence-corrected chi connectivity index (χ3v) is 3.00. The number of nitrogens with two attached hydrogens (primary N) is 1. The molecule has 1 unspecified atom stereocenters. The summed E-state index contributed by atoms with van der Waals surface area (Å²) in [5, 5.41) is 3.10. The number of rotatable bonds is 7. The van der Waals surface area contributed by atoms with E-state index < -0.39 is 0 Å². The molecule has 1 heterocycles. The van der Waals surface area contributed by atoms with Crippen LogP contribution < -0.4 is 11.1 Å². The van der Waals surface area contributed by atoms with Gasteiger partial charge in [-0.3, -0.25) is 9.89 Å². The monoisotopic (exact) mass is 394 g/mol. The number of guanidine groups is 1. The number of nitrogens with one attached hydrogen (secondary N) is 1. The summed E-state index contributed by atoms with van der Waals surface area (Å²) in [5.41, 5.74) is 5.85. The molecular weight excluding hydrogens is 367 g/mol. The van der Waals surface area contributed by atoms with Gasteiger partial charge in [-0.1, -0.05) is 13.8 Å². The second-order valence-corrected chi connectivity index (χ2v) is 4.78. The minimum Gasteiger partial charge on any atom is -0.468 e. The van der Waals surface area contributed by atoms with Crippen LogP contribution in [0.2, 0.25) is 0 Å². The molecule has 0 aliphatic heterocycles. The van der Waals surface area contributed by atoms with Gasteiger partial charge >= 0.3 is 0 Å². The lowest BCUT2D eigenvalue weighted by atomic mass is 10.2. The Morgan fingerprint density at radius 1 is 1.40 bits per heavy atom. The number of halogens is 1. The van der Waals surface area contributed by atoms with Crippen LogP contribution in [-0.4, -0.2) is 36.5 Å². The first kappa shape index (κ1) is 19.2. The molecule has 0 amide bonds. The van der Waals surface area contributed by atoms with Gasteiger partial charge in [-0.15, -0.1) is 24.0 Å². The maximum atomic E-state index is 5.85. The van der Waals surface area contributed by atoms with Gasteiger partial charge in [0.05, 0.1) is 18.8 Å². The Morgan fingerprint density at radius 2 is 2.05 bits per heavy atom. The molecule has 0 saturated carbocycles. The Morgan fingerprint density at radius 3 is 2.50 bits per heavy atom. The molecule has 116 valence electrons. The second kappa shape index (κ2) is 10.0. The Kier molecular flexibility index (Phi) is 9.66. The molecule has 0 fully saturated rings. The molecule has 0 spiro atoms. The van der Waals surface area contributed by atoms with Crippen LogP contribution in [-0.2, 0) is 0 Å². The average molecular weight is 394 g/mol. The van der Waals surface area contributed by atoms with Crippen molar-refractivity contribution in [2.24, 2.45) is 10.7 Å². The van der Waals surface area contributed by atoms with E-state index in [0.29, 0.717) is 18.5 Å². The van der Waals surface area contributed by atoms with Gasteiger partial charge in [0.2, 0.25) is 0 Å². The Bertz CT molecular complexity index is 375. The van der Waals surface area contributed by atoms with E-state index in [4.69, 9.17) is 10.2 Å². The van der Waals surface area contributed by atoms with Gasteiger partial charge in [0.25, 0.3) is 0 Å². The van der Waals surface area contributed by atoms with E-state index in [9.17, 15) is 0 Å². The zero-order chi connectivity index (χ0) is 14.3. The van der Waals surface area contributed by atoms with Crippen molar-refractivity contribution >= 4 is 29.9 Å². The zero-order valence-electron chi connectivity index (χ0n) is 12.8. The summed E-state index contributed by atoms with van der Waals surface area (Å²) in [4.78, 5) is 6.73. The Labute approximate surface area is 139 Å². The smallest absolute Gasteiger partial charge is 0.188 e. The highest BCUT2D eigenvalue weighted by Crippen LogP contribution is 2.21. The summed E-state index contributed by atoms with van der Waals surface area (Å²) < 4.78 is 5.52. The highest BCUT2D eigenvalue weighted by atomic mass is 127. The van der Waals surface area contributed by atoms with Crippen molar-refractivity contribution in [1.29, 1.82) is 0 Å². The van der Waals surface area contributed by atoms with Crippen LogP contribution in [0, 0.1) is 0 Å². The topological polar surface area (TPSA) is 66.8 Å². The van der Waals surface area contributed by atoms with Crippen molar-refractivity contribution in [3.05, 3.63) is 24.2 Å². The molecule has 0 radical (unpaired) electrons. The Balaban J connectivity index is 0.00000361. The summed E-state index contributed by atoms with van der Waals surface area (Å²) in [5.74, 6) is 1.42. The summed E-state index contributed by atoms with van der Waals surface area (Å²) >= 11 is 0. The largest absolute Gasteiger partial charge is 0.468 e. The molecule has 0 aliphatic carbocycles. The lowest BCUT2D eigenvalue weighted by Crippen LogP contribution is -2.38. The molecule has 0 bridgehead atoms. The van der Waals surface area contributed by atoms with E-state index in [1.54, 1.807) is 6.26 Å². The number of hydrogen-bond acceptors (Lipinski definition) is 3. The van der Waals surface area contributed by atoms with Crippen LogP contribution >= 0.6 is 24.0 Å². The van der Waals surface area contributed by atoms with Crippen molar-refractivity contribution in [3.63, 3.8) is 0 Å². The summed E-state index contributed by atoms with van der Waals surface area (Å²) in [6, 6.07) is 4.33. The molecule has 1 aromatic rings. The van der Waals surface area contributed by atoms with Crippen molar-refractivity contribution in [3.8, 4) is 0 Å². The fourth-order valence-corrected chi connectivity index (χ4v) is 2.06. The molecule has 20 heavy (non-hydrogen) atoms. The average Bonchev–Trinajstić information content (AvgIpc) is 2.87. The number of furan rings is 1. The van der Waals surface area contributed by atoms with Crippen LogP contribution in [0.3, 0.4) is 0 Å². The van der Waals surface area contributed by atoms with E-state index in [1.165, 1.54) is 0 Å². The van der Waals surface area contributed by atoms with Gasteiger partial charge in [0.1, 0.15) is 5.76 Å². The van der Waals surface area contributed by atoms with E-state index in [-0.39, 0.29) is 30.0 Å². The maximum absolute atomic E-state index is 5.85. The lowest BCUT2D eigenvalue weighted by molar-refractivity contribution is 0.198. The number of likely N-dealkylation sites (N-methyl/N-ethyl adjacent to an activating group) is 1. The van der Waals surface area contributed by atoms with Crippen molar-refractivity contribution in [2.45, 2.75) is 39.8 Å². The fraction of sp³-hybridized carbons (Fsp3) is 0.643. The van der Waals surface area contributed by atoms with Crippen LogP contribution in [0.15, 0.2) is 27.8 Å². The summed E-state index contributed by atoms with van der Waals surface area (Å²) in [6.07, 6.45) is 1.70. The van der Waals surface area contributed by atoms with Crippen LogP contribution in [0.5, 0.6) is 0 Å². The van der Waals surface area contributed by atoms with Gasteiger partial charge in [-0.05, 0) is 39.1 Å². The molecule has 5 nitrogen and oxygen atoms in total. The van der Waals surface area contributed by atoms with Crippen molar-refractivity contribution in [1.82, 2.24) is 10.2 Å². The van der Waals surface area contributed by atoms with Crippen LogP contribution in [0.1, 0.15) is 39.5 Å². The molecular formula is C14H27IN4O. The second-order valence-electron chi connectivity index (χ2n) is 4.78. The highest BCUT2D eigenvalue weighted by molar-refractivity contribution is 14.0. The van der Waals surface area contributed by atoms with Crippen LogP contribution in [0.25, 0.3) is 0 Å². The molecule has 0 saturated heterocycles. The molecule has 0 aromatic carbocycles. The SMILES string of the molecule is CCN(CC)C(CN=C(N)NC(C)C)c1ccco1.I. The first-order chi connectivity index (χ1) is 9.08. The van der Waals surface area contributed by atoms with Crippen molar-refractivity contribution in [2.75, 3.05) is 19.6 Å². The number of aliphatic imine (C=N–C) groups is 1. The van der Waals surface area contributed by atoms with Gasteiger partial charge in [-0.25, -0.2) is 0 Å². The van der Waals surface area contributed by atoms with Gasteiger partial charge in [0.15, 0.2) is 5.96 Å². The predicted octanol–water partition coefficient (Wildman–Crippen LogP) is 2.59. The highest BCUT2D eigenvalue weighted by Gasteiger charge is 2.20. The number of nitrogens with zero attached hydrogens (tertiary/aromatic N) is 2. The maximum Gasteiger partial charge on any atom is 0.188 e. The Hall–Kier alpha value is -0.760. The molecule has 1 aromatic heterocycles. The van der Waals surface area contributed by atoms with Gasteiger partial charge in [-0.2, -0.15) is 0 Å². The lowest BCUT2D eigenvalue weighted by Gasteiger charge is -2.26. The van der Waals surface area contributed by atoms with Gasteiger partial charge in [0, 0.05) is 6.04 Å². The number of hydrogen-bond donors (Lipinski definition) is 2. The predicted molar refractivity (Wildman–Crippen MR) is 94.5 cm³/mol. The molecule has 0 aliphatic rings. The third-order valence-electron chi connectivity index (χ3n) is 3.00. The molecule has 3 N–H and O–H groups in total. The summed E-state index contributed by atoms with van der Waals surface area (Å²) in [7, 11) is 0. The molecule has 1 rings (SSSR count). The molecule has 6 heteroatoms. The van der Waals surface area contributed by atoms with Gasteiger partial charge < -0.3 is 15.5 Å². The standard InChI is InChI=1S/C14H26N4O.HI/c1-5-18(6-2)12(13-8-7-9-19-13)10-16-14(15)17-11(3)4;/h7-9,11-12H,5-6,10H2,1-4H3,(H3,15,16,17);1H. The first-order valence-corrected chi connectivity index (χ1v) is 6.92. The van der Waals surface area contributed by atoms with E-state index in [2.05, 4.69) is 29.1 Å². The van der Waals surface area contributed by atoms with E-state index in [1.807, 2.05) is 26.0 Å². The minimum atomic E-state index is 0. The van der Waals surface area contributed by atoms with E-state index in [0.717, 1.165) is 18.8 Å². The minimum absolute atomic E-state index is 0. The summed E-state index contributed by atoms with van der Waals surface area (Å²) in [6.45, 7) is 10.9. The normalized spacial score (nSPS) is 13.4. The van der Waals surface area contributed by atoms with Crippen LogP contribution in [0.4, 0.5) is 0 Å². The zero-order valence-corrected chi connectivity index (χ0v) is 15.1.